The van der Waals surface area contributed by atoms with Gasteiger partial charge in [-0.2, -0.15) is 0 Å². The van der Waals surface area contributed by atoms with E-state index < -0.39 is 16.6 Å². The third-order valence-corrected chi connectivity index (χ3v) is 4.14. The van der Waals surface area contributed by atoms with Crippen LogP contribution in [0.15, 0.2) is 0 Å². The van der Waals surface area contributed by atoms with Gasteiger partial charge in [0.2, 0.25) is 8.32 Å². The normalized spacial score (nSPS) is 12.6. The van der Waals surface area contributed by atoms with Crippen molar-refractivity contribution in [3.8, 4) is 0 Å². The molecule has 0 aromatic rings. The first-order valence-corrected chi connectivity index (χ1v) is 13.8. The molecule has 0 atom stereocenters. The highest BCUT2D eigenvalue weighted by Crippen LogP contribution is 2.10. The fraction of sp³-hybridized carbons (Fsp3) is 0.923. The molecule has 3 nitrogen and oxygen atoms in total. The number of carbonyl (C=O) groups is 1. The Hall–Kier alpha value is -0.136. The number of rotatable bonds is 9. The Morgan fingerprint density at radius 2 is 1.39 bits per heavy atom. The van der Waals surface area contributed by atoms with Crippen molar-refractivity contribution in [2.24, 2.45) is 0 Å². The van der Waals surface area contributed by atoms with Crippen LogP contribution in [0.2, 0.25) is 39.3 Å². The van der Waals surface area contributed by atoms with Crippen LogP contribution in [0.1, 0.15) is 32.1 Å². The summed E-state index contributed by atoms with van der Waals surface area (Å²) in [6.45, 7) is 13.6. The Balaban J connectivity index is 3.39. The Labute approximate surface area is 115 Å². The first kappa shape index (κ1) is 17.9. The monoisotopic (exact) mass is 290 g/mol. The molecular formula is C13H30O3Si2. The molecule has 0 saturated heterocycles. The lowest BCUT2D eigenvalue weighted by Crippen LogP contribution is -2.29. The van der Waals surface area contributed by atoms with Crippen molar-refractivity contribution in [3.05, 3.63) is 0 Å². The Kier molecular flexibility index (Phi) is 8.06. The summed E-state index contributed by atoms with van der Waals surface area (Å²) in [4.78, 5) is 11.5. The van der Waals surface area contributed by atoms with Gasteiger partial charge >= 0.3 is 0 Å². The predicted molar refractivity (Wildman–Crippen MR) is 81.8 cm³/mol. The summed E-state index contributed by atoms with van der Waals surface area (Å²) in [5.74, 6) is -0.0208. The first-order chi connectivity index (χ1) is 8.10. The molecule has 0 aliphatic carbocycles. The minimum absolute atomic E-state index is 0.0208. The minimum Gasteiger partial charge on any atom is -0.520 e. The molecule has 0 heterocycles. The predicted octanol–water partition coefficient (Wildman–Crippen LogP) is 4.17. The lowest BCUT2D eigenvalue weighted by atomic mass is 10.1. The van der Waals surface area contributed by atoms with Gasteiger partial charge in [0, 0.05) is 13.0 Å². The van der Waals surface area contributed by atoms with Gasteiger partial charge in [0.15, 0.2) is 8.32 Å². The van der Waals surface area contributed by atoms with Gasteiger partial charge in [0.25, 0.3) is 5.97 Å². The first-order valence-electron chi connectivity index (χ1n) is 6.96. The van der Waals surface area contributed by atoms with Gasteiger partial charge in [-0.25, -0.2) is 0 Å². The van der Waals surface area contributed by atoms with E-state index in [2.05, 4.69) is 19.6 Å². The summed E-state index contributed by atoms with van der Waals surface area (Å²) in [6.07, 6.45) is 4.85. The van der Waals surface area contributed by atoms with Crippen LogP contribution in [0.4, 0.5) is 0 Å². The lowest BCUT2D eigenvalue weighted by molar-refractivity contribution is -0.135. The molecule has 0 aliphatic heterocycles. The van der Waals surface area contributed by atoms with Crippen molar-refractivity contribution in [2.45, 2.75) is 71.4 Å². The van der Waals surface area contributed by atoms with Gasteiger partial charge in [0.05, 0.1) is 0 Å². The summed E-state index contributed by atoms with van der Waals surface area (Å²) < 4.78 is 11.2. The van der Waals surface area contributed by atoms with Gasteiger partial charge in [0.1, 0.15) is 0 Å². The number of hydrogen-bond acceptors (Lipinski definition) is 3. The van der Waals surface area contributed by atoms with E-state index in [9.17, 15) is 4.79 Å². The highest BCUT2D eigenvalue weighted by molar-refractivity contribution is 6.71. The second kappa shape index (κ2) is 8.12. The minimum atomic E-state index is -1.69. The standard InChI is InChI=1S/C13H30O3Si2/c1-17(2,3)15-12-10-8-7-9-11-13(14)16-18(4,5)6/h7-12H2,1-6H3. The topological polar surface area (TPSA) is 35.5 Å². The fourth-order valence-electron chi connectivity index (χ4n) is 1.50. The highest BCUT2D eigenvalue weighted by Gasteiger charge is 2.19. The molecule has 18 heavy (non-hydrogen) atoms. The molecule has 0 saturated carbocycles. The quantitative estimate of drug-likeness (QED) is 0.472. The van der Waals surface area contributed by atoms with Crippen molar-refractivity contribution >= 4 is 22.6 Å². The second-order valence-corrected chi connectivity index (χ2v) is 15.7. The molecule has 0 aromatic heterocycles. The molecule has 108 valence electrons. The second-order valence-electron chi connectivity index (χ2n) is 6.71. The molecule has 0 N–H and O–H groups in total. The van der Waals surface area contributed by atoms with E-state index in [0.29, 0.717) is 6.42 Å². The van der Waals surface area contributed by atoms with Crippen LogP contribution >= 0.6 is 0 Å². The Morgan fingerprint density at radius 1 is 0.833 bits per heavy atom. The summed E-state index contributed by atoms with van der Waals surface area (Å²) >= 11 is 0. The molecule has 0 fully saturated rings. The van der Waals surface area contributed by atoms with E-state index in [1.54, 1.807) is 0 Å². The molecule has 5 heteroatoms. The Morgan fingerprint density at radius 3 is 1.89 bits per heavy atom. The van der Waals surface area contributed by atoms with Crippen LogP contribution in [-0.4, -0.2) is 29.2 Å². The molecular weight excluding hydrogens is 260 g/mol. The van der Waals surface area contributed by atoms with Gasteiger partial charge in [-0.15, -0.1) is 0 Å². The molecule has 0 unspecified atom stereocenters. The molecule has 0 aromatic carbocycles. The van der Waals surface area contributed by atoms with E-state index in [1.165, 1.54) is 0 Å². The van der Waals surface area contributed by atoms with E-state index in [0.717, 1.165) is 32.3 Å². The van der Waals surface area contributed by atoms with Crippen molar-refractivity contribution in [2.75, 3.05) is 6.61 Å². The number of hydrogen-bond donors (Lipinski definition) is 0. The van der Waals surface area contributed by atoms with Crippen LogP contribution in [0.25, 0.3) is 0 Å². The van der Waals surface area contributed by atoms with Crippen LogP contribution in [0, 0.1) is 0 Å². The van der Waals surface area contributed by atoms with Gasteiger partial charge in [-0.1, -0.05) is 12.8 Å². The summed E-state index contributed by atoms with van der Waals surface area (Å²) in [5.41, 5.74) is 0. The van der Waals surface area contributed by atoms with E-state index in [4.69, 9.17) is 8.85 Å². The van der Waals surface area contributed by atoms with Crippen molar-refractivity contribution < 1.29 is 13.6 Å². The summed E-state index contributed by atoms with van der Waals surface area (Å²) in [7, 11) is -3.03. The molecule has 0 spiro atoms. The zero-order valence-corrected chi connectivity index (χ0v) is 15.0. The Bertz CT molecular complexity index is 242. The molecule has 0 bridgehead atoms. The molecule has 0 radical (unpaired) electrons. The largest absolute Gasteiger partial charge is 0.520 e. The lowest BCUT2D eigenvalue weighted by Gasteiger charge is -2.17. The van der Waals surface area contributed by atoms with Crippen molar-refractivity contribution in [1.29, 1.82) is 0 Å². The fourth-order valence-corrected chi connectivity index (χ4v) is 3.04. The SMILES string of the molecule is C[Si](C)(C)OCCCCCCC(=O)O[Si](C)(C)C. The van der Waals surface area contributed by atoms with E-state index >= 15 is 0 Å². The third-order valence-electron chi connectivity index (χ3n) is 2.23. The maximum atomic E-state index is 11.5. The maximum absolute atomic E-state index is 11.5. The van der Waals surface area contributed by atoms with Crippen LogP contribution in [0.5, 0.6) is 0 Å². The van der Waals surface area contributed by atoms with Gasteiger partial charge in [-0.3, -0.25) is 4.79 Å². The van der Waals surface area contributed by atoms with E-state index in [-0.39, 0.29) is 5.97 Å². The van der Waals surface area contributed by atoms with Crippen LogP contribution in [-0.2, 0) is 13.6 Å². The summed E-state index contributed by atoms with van der Waals surface area (Å²) in [5, 5.41) is 0. The van der Waals surface area contributed by atoms with Gasteiger partial charge < -0.3 is 8.85 Å². The zero-order valence-electron chi connectivity index (χ0n) is 13.0. The maximum Gasteiger partial charge on any atom is 0.292 e. The van der Waals surface area contributed by atoms with Crippen molar-refractivity contribution in [3.63, 3.8) is 0 Å². The zero-order chi connectivity index (χ0) is 14.2. The highest BCUT2D eigenvalue weighted by atomic mass is 28.4. The van der Waals surface area contributed by atoms with Crippen molar-refractivity contribution in [1.82, 2.24) is 0 Å². The van der Waals surface area contributed by atoms with E-state index in [1.807, 2.05) is 19.6 Å². The third kappa shape index (κ3) is 13.9. The molecule has 0 amide bonds. The number of unbranched alkanes of at least 4 members (excludes halogenated alkanes) is 3. The molecule has 0 rings (SSSR count). The van der Waals surface area contributed by atoms with Crippen LogP contribution < -0.4 is 0 Å². The average molecular weight is 291 g/mol. The number of carbonyl (C=O) groups excluding carboxylic acids is 1. The average Bonchev–Trinajstić information content (AvgIpc) is 2.11. The molecule has 0 aliphatic rings. The summed E-state index contributed by atoms with van der Waals surface area (Å²) in [6, 6.07) is 0. The van der Waals surface area contributed by atoms with Crippen LogP contribution in [0.3, 0.4) is 0 Å². The smallest absolute Gasteiger partial charge is 0.292 e. The van der Waals surface area contributed by atoms with Gasteiger partial charge in [-0.05, 0) is 52.1 Å².